The lowest BCUT2D eigenvalue weighted by Crippen LogP contribution is -2.37. The topological polar surface area (TPSA) is 32.8 Å². The minimum absolute atomic E-state index is 0.0384. The van der Waals surface area contributed by atoms with Gasteiger partial charge in [-0.25, -0.2) is 0 Å². The number of fused-ring (bicyclic) bond motifs is 1. The van der Waals surface area contributed by atoms with Crippen LogP contribution in [0.25, 0.3) is 0 Å². The summed E-state index contributed by atoms with van der Waals surface area (Å²) in [7, 11) is 2.09. The van der Waals surface area contributed by atoms with Gasteiger partial charge in [0.25, 0.3) is 0 Å². The number of para-hydroxylation sites is 2. The minimum atomic E-state index is 0.0384. The Morgan fingerprint density at radius 2 is 2.05 bits per heavy atom. The number of carbonyl (C=O) groups excluding carboxylic acids is 1. The van der Waals surface area contributed by atoms with E-state index in [0.717, 1.165) is 37.3 Å². The van der Waals surface area contributed by atoms with Gasteiger partial charge in [-0.2, -0.15) is 0 Å². The van der Waals surface area contributed by atoms with E-state index in [0.29, 0.717) is 13.2 Å². The second-order valence-corrected chi connectivity index (χ2v) is 5.31. The third-order valence-corrected chi connectivity index (χ3v) is 4.00. The average molecular weight is 260 g/mol. The highest BCUT2D eigenvalue weighted by Crippen LogP contribution is 2.32. The predicted octanol–water partition coefficient (Wildman–Crippen LogP) is 1.90. The standard InChI is InChI=1S/C15H20N2O2/c1-16-8-4-9-17(14-6-3-2-5-13(14)16)15(18)12-7-10-19-11-12/h2-3,5-6,12H,4,7-11H2,1H3. The van der Waals surface area contributed by atoms with Gasteiger partial charge in [-0.05, 0) is 25.0 Å². The fourth-order valence-electron chi connectivity index (χ4n) is 2.90. The van der Waals surface area contributed by atoms with Crippen LogP contribution in [0.1, 0.15) is 12.8 Å². The molecular formula is C15H20N2O2. The Morgan fingerprint density at radius 1 is 1.26 bits per heavy atom. The zero-order chi connectivity index (χ0) is 13.2. The maximum atomic E-state index is 12.6. The number of hydrogen-bond donors (Lipinski definition) is 0. The molecule has 0 saturated carbocycles. The van der Waals surface area contributed by atoms with E-state index in [9.17, 15) is 4.79 Å². The van der Waals surface area contributed by atoms with Gasteiger partial charge in [0, 0.05) is 26.7 Å². The van der Waals surface area contributed by atoms with Crippen molar-refractivity contribution < 1.29 is 9.53 Å². The van der Waals surface area contributed by atoms with Crippen molar-refractivity contribution in [3.05, 3.63) is 24.3 Å². The van der Waals surface area contributed by atoms with E-state index >= 15 is 0 Å². The second-order valence-electron chi connectivity index (χ2n) is 5.31. The number of nitrogens with zero attached hydrogens (tertiary/aromatic N) is 2. The molecule has 1 saturated heterocycles. The molecule has 1 aromatic carbocycles. The largest absolute Gasteiger partial charge is 0.381 e. The third kappa shape index (κ3) is 2.32. The predicted molar refractivity (Wildman–Crippen MR) is 75.6 cm³/mol. The molecule has 0 bridgehead atoms. The first-order valence-electron chi connectivity index (χ1n) is 6.96. The molecule has 2 aliphatic rings. The second kappa shape index (κ2) is 5.21. The van der Waals surface area contributed by atoms with Gasteiger partial charge in [0.15, 0.2) is 0 Å². The SMILES string of the molecule is CN1CCCN(C(=O)C2CCOC2)c2ccccc21. The zero-order valence-electron chi connectivity index (χ0n) is 11.3. The monoisotopic (exact) mass is 260 g/mol. The summed E-state index contributed by atoms with van der Waals surface area (Å²) < 4.78 is 5.35. The van der Waals surface area contributed by atoms with Gasteiger partial charge in [0.1, 0.15) is 0 Å². The van der Waals surface area contributed by atoms with Crippen LogP contribution in [0.5, 0.6) is 0 Å². The normalized spacial score (nSPS) is 23.1. The maximum Gasteiger partial charge on any atom is 0.232 e. The number of amides is 1. The number of rotatable bonds is 1. The third-order valence-electron chi connectivity index (χ3n) is 4.00. The van der Waals surface area contributed by atoms with Crippen LogP contribution in [0.15, 0.2) is 24.3 Å². The van der Waals surface area contributed by atoms with E-state index in [-0.39, 0.29) is 11.8 Å². The minimum Gasteiger partial charge on any atom is -0.381 e. The van der Waals surface area contributed by atoms with Crippen molar-refractivity contribution in [2.75, 3.05) is 43.2 Å². The quantitative estimate of drug-likeness (QED) is 0.773. The maximum absolute atomic E-state index is 12.6. The lowest BCUT2D eigenvalue weighted by molar-refractivity contribution is -0.122. The van der Waals surface area contributed by atoms with E-state index in [1.54, 1.807) is 0 Å². The van der Waals surface area contributed by atoms with Crippen molar-refractivity contribution in [1.29, 1.82) is 0 Å². The van der Waals surface area contributed by atoms with Crippen LogP contribution in [0, 0.1) is 5.92 Å². The van der Waals surface area contributed by atoms with Crippen molar-refractivity contribution in [2.45, 2.75) is 12.8 Å². The van der Waals surface area contributed by atoms with Gasteiger partial charge in [0.2, 0.25) is 5.91 Å². The van der Waals surface area contributed by atoms with Crippen LogP contribution in [0.2, 0.25) is 0 Å². The molecule has 1 aromatic rings. The summed E-state index contributed by atoms with van der Waals surface area (Å²) in [6.07, 6.45) is 1.86. The summed E-state index contributed by atoms with van der Waals surface area (Å²) in [5, 5.41) is 0. The summed E-state index contributed by atoms with van der Waals surface area (Å²) in [6.45, 7) is 3.08. The molecule has 2 aliphatic heterocycles. The summed E-state index contributed by atoms with van der Waals surface area (Å²) in [5.41, 5.74) is 2.19. The van der Waals surface area contributed by atoms with Gasteiger partial charge < -0.3 is 14.5 Å². The number of carbonyl (C=O) groups is 1. The first kappa shape index (κ1) is 12.5. The highest BCUT2D eigenvalue weighted by atomic mass is 16.5. The van der Waals surface area contributed by atoms with Gasteiger partial charge in [-0.1, -0.05) is 12.1 Å². The van der Waals surface area contributed by atoms with Gasteiger partial charge in [0.05, 0.1) is 23.9 Å². The van der Waals surface area contributed by atoms with Crippen molar-refractivity contribution in [2.24, 2.45) is 5.92 Å². The summed E-state index contributed by atoms with van der Waals surface area (Å²) >= 11 is 0. The lowest BCUT2D eigenvalue weighted by Gasteiger charge is -2.26. The van der Waals surface area contributed by atoms with Crippen molar-refractivity contribution >= 4 is 17.3 Å². The Morgan fingerprint density at radius 3 is 2.79 bits per heavy atom. The van der Waals surface area contributed by atoms with E-state index in [1.165, 1.54) is 0 Å². The van der Waals surface area contributed by atoms with Gasteiger partial charge >= 0.3 is 0 Å². The fourth-order valence-corrected chi connectivity index (χ4v) is 2.90. The summed E-state index contributed by atoms with van der Waals surface area (Å²) in [4.78, 5) is 16.8. The molecule has 4 heteroatoms. The molecule has 1 unspecified atom stereocenters. The highest BCUT2D eigenvalue weighted by Gasteiger charge is 2.31. The van der Waals surface area contributed by atoms with Crippen LogP contribution < -0.4 is 9.80 Å². The molecule has 4 nitrogen and oxygen atoms in total. The Hall–Kier alpha value is -1.55. The van der Waals surface area contributed by atoms with Crippen LogP contribution in [0.4, 0.5) is 11.4 Å². The van der Waals surface area contributed by atoms with Crippen molar-refractivity contribution in [3.8, 4) is 0 Å². The first-order chi connectivity index (χ1) is 9.27. The molecule has 0 N–H and O–H groups in total. The summed E-state index contributed by atoms with van der Waals surface area (Å²) in [5.74, 6) is 0.261. The molecule has 19 heavy (non-hydrogen) atoms. The molecule has 1 fully saturated rings. The van der Waals surface area contributed by atoms with E-state index in [2.05, 4.69) is 18.0 Å². The summed E-state index contributed by atoms with van der Waals surface area (Å²) in [6, 6.07) is 8.17. The highest BCUT2D eigenvalue weighted by molar-refractivity contribution is 5.98. The van der Waals surface area contributed by atoms with Crippen molar-refractivity contribution in [1.82, 2.24) is 0 Å². The zero-order valence-corrected chi connectivity index (χ0v) is 11.3. The molecular weight excluding hydrogens is 240 g/mol. The lowest BCUT2D eigenvalue weighted by atomic mass is 10.1. The van der Waals surface area contributed by atoms with Gasteiger partial charge in [-0.15, -0.1) is 0 Å². The number of hydrogen-bond acceptors (Lipinski definition) is 3. The van der Waals surface area contributed by atoms with E-state index in [4.69, 9.17) is 4.74 Å². The van der Waals surface area contributed by atoms with E-state index < -0.39 is 0 Å². The van der Waals surface area contributed by atoms with Crippen molar-refractivity contribution in [3.63, 3.8) is 0 Å². The smallest absolute Gasteiger partial charge is 0.232 e. The molecule has 102 valence electrons. The molecule has 2 heterocycles. The molecule has 0 radical (unpaired) electrons. The van der Waals surface area contributed by atoms with Crippen LogP contribution in [-0.2, 0) is 9.53 Å². The molecule has 0 aromatic heterocycles. The Kier molecular flexibility index (Phi) is 3.42. The molecule has 3 rings (SSSR count). The molecule has 0 spiro atoms. The Bertz CT molecular complexity index is 469. The number of benzene rings is 1. The first-order valence-corrected chi connectivity index (χ1v) is 6.96. The molecule has 0 aliphatic carbocycles. The molecule has 1 amide bonds. The fraction of sp³-hybridized carbons (Fsp3) is 0.533. The number of ether oxygens (including phenoxy) is 1. The van der Waals surface area contributed by atoms with Crippen LogP contribution in [-0.4, -0.2) is 39.3 Å². The average Bonchev–Trinajstić information content (AvgIpc) is 2.91. The van der Waals surface area contributed by atoms with Gasteiger partial charge in [-0.3, -0.25) is 4.79 Å². The Labute approximate surface area is 113 Å². The van der Waals surface area contributed by atoms with Crippen LogP contribution in [0.3, 0.4) is 0 Å². The Balaban J connectivity index is 1.92. The van der Waals surface area contributed by atoms with Crippen LogP contribution >= 0.6 is 0 Å². The van der Waals surface area contributed by atoms with E-state index in [1.807, 2.05) is 23.1 Å². The molecule has 1 atom stereocenters. The number of anilines is 2.